The van der Waals surface area contributed by atoms with Crippen molar-refractivity contribution in [1.82, 2.24) is 9.78 Å². The molecule has 0 unspecified atom stereocenters. The molecular formula is C13H24N2O. The maximum atomic E-state index is 10.1. The number of hydrogen-bond acceptors (Lipinski definition) is 2. The van der Waals surface area contributed by atoms with Gasteiger partial charge in [0.25, 0.3) is 0 Å². The summed E-state index contributed by atoms with van der Waals surface area (Å²) in [6.45, 7) is 11.5. The minimum atomic E-state index is 0.333. The van der Waals surface area contributed by atoms with E-state index in [4.69, 9.17) is 0 Å². The summed E-state index contributed by atoms with van der Waals surface area (Å²) < 4.78 is 1.74. The van der Waals surface area contributed by atoms with Crippen LogP contribution in [0.1, 0.15) is 58.2 Å². The number of aromatic nitrogens is 2. The maximum absolute atomic E-state index is 10.1. The van der Waals surface area contributed by atoms with Crippen LogP contribution in [0.25, 0.3) is 0 Å². The average Bonchev–Trinajstić information content (AvgIpc) is 2.42. The zero-order valence-electron chi connectivity index (χ0n) is 11.1. The molecule has 0 radical (unpaired) electrons. The third-order valence-electron chi connectivity index (χ3n) is 2.65. The van der Waals surface area contributed by atoms with Gasteiger partial charge < -0.3 is 5.11 Å². The van der Waals surface area contributed by atoms with Crippen molar-refractivity contribution in [1.29, 1.82) is 0 Å². The molecule has 0 saturated carbocycles. The molecule has 16 heavy (non-hydrogen) atoms. The second-order valence-electron chi connectivity index (χ2n) is 5.16. The number of aromatic hydroxyl groups is 1. The Balaban J connectivity index is 3.09. The maximum Gasteiger partial charge on any atom is 0.213 e. The summed E-state index contributed by atoms with van der Waals surface area (Å²) in [4.78, 5) is 0. The molecule has 0 aliphatic carbocycles. The quantitative estimate of drug-likeness (QED) is 0.833. The average molecular weight is 224 g/mol. The molecule has 1 N–H and O–H groups in total. The van der Waals surface area contributed by atoms with Crippen molar-refractivity contribution in [3.05, 3.63) is 11.3 Å². The van der Waals surface area contributed by atoms with Gasteiger partial charge in [-0.25, -0.2) is 4.68 Å². The van der Waals surface area contributed by atoms with Crippen LogP contribution in [0, 0.1) is 5.92 Å². The van der Waals surface area contributed by atoms with Crippen molar-refractivity contribution in [2.24, 2.45) is 5.92 Å². The highest BCUT2D eigenvalue weighted by molar-refractivity contribution is 5.33. The Bertz CT molecular complexity index is 340. The zero-order valence-corrected chi connectivity index (χ0v) is 11.1. The van der Waals surface area contributed by atoms with Crippen molar-refractivity contribution in [3.63, 3.8) is 0 Å². The van der Waals surface area contributed by atoms with Crippen LogP contribution in [-0.2, 0) is 13.0 Å². The highest BCUT2D eigenvalue weighted by atomic mass is 16.3. The van der Waals surface area contributed by atoms with Gasteiger partial charge in [0.15, 0.2) is 0 Å². The van der Waals surface area contributed by atoms with Crippen LogP contribution in [0.4, 0.5) is 0 Å². The first-order chi connectivity index (χ1) is 7.47. The van der Waals surface area contributed by atoms with Gasteiger partial charge in [-0.05, 0) is 24.7 Å². The lowest BCUT2D eigenvalue weighted by atomic mass is 9.98. The molecule has 1 aromatic heterocycles. The van der Waals surface area contributed by atoms with Gasteiger partial charge in [-0.15, -0.1) is 0 Å². The van der Waals surface area contributed by atoms with Crippen LogP contribution in [0.5, 0.6) is 5.88 Å². The van der Waals surface area contributed by atoms with Gasteiger partial charge in [0.1, 0.15) is 0 Å². The fraction of sp³-hybridized carbons (Fsp3) is 0.769. The zero-order chi connectivity index (χ0) is 12.3. The van der Waals surface area contributed by atoms with E-state index in [9.17, 15) is 5.11 Å². The largest absolute Gasteiger partial charge is 0.493 e. The number of nitrogens with zero attached hydrogens (tertiary/aromatic N) is 2. The Labute approximate surface area is 98.5 Å². The van der Waals surface area contributed by atoms with E-state index < -0.39 is 0 Å². The van der Waals surface area contributed by atoms with E-state index in [-0.39, 0.29) is 0 Å². The van der Waals surface area contributed by atoms with Crippen LogP contribution in [0.2, 0.25) is 0 Å². The predicted molar refractivity (Wildman–Crippen MR) is 66.8 cm³/mol. The lowest BCUT2D eigenvalue weighted by Gasteiger charge is -2.07. The molecule has 0 fully saturated rings. The molecule has 1 rings (SSSR count). The van der Waals surface area contributed by atoms with E-state index in [0.29, 0.717) is 17.7 Å². The molecule has 0 amide bonds. The van der Waals surface area contributed by atoms with Gasteiger partial charge in [0, 0.05) is 12.1 Å². The first-order valence-corrected chi connectivity index (χ1v) is 6.25. The molecule has 3 heteroatoms. The number of rotatable bonds is 5. The van der Waals surface area contributed by atoms with Crippen molar-refractivity contribution in [3.8, 4) is 5.88 Å². The molecule has 0 bridgehead atoms. The predicted octanol–water partition coefficient (Wildman–Crippen LogP) is 3.32. The van der Waals surface area contributed by atoms with E-state index in [1.807, 2.05) is 0 Å². The van der Waals surface area contributed by atoms with E-state index in [1.54, 1.807) is 4.68 Å². The minimum Gasteiger partial charge on any atom is -0.493 e. The summed E-state index contributed by atoms with van der Waals surface area (Å²) in [5, 5.41) is 14.7. The van der Waals surface area contributed by atoms with Crippen LogP contribution >= 0.6 is 0 Å². The highest BCUT2D eigenvalue weighted by Crippen LogP contribution is 2.30. The third kappa shape index (κ3) is 2.77. The van der Waals surface area contributed by atoms with Crippen molar-refractivity contribution >= 4 is 0 Å². The topological polar surface area (TPSA) is 38.0 Å². The molecule has 92 valence electrons. The Morgan fingerprint density at radius 3 is 2.31 bits per heavy atom. The second kappa shape index (κ2) is 5.37. The van der Waals surface area contributed by atoms with E-state index >= 15 is 0 Å². The lowest BCUT2D eigenvalue weighted by molar-refractivity contribution is 0.391. The molecule has 0 atom stereocenters. The smallest absolute Gasteiger partial charge is 0.213 e. The fourth-order valence-corrected chi connectivity index (χ4v) is 2.01. The molecular weight excluding hydrogens is 200 g/mol. The Morgan fingerprint density at radius 2 is 1.88 bits per heavy atom. The third-order valence-corrected chi connectivity index (χ3v) is 2.65. The van der Waals surface area contributed by atoms with Crippen LogP contribution in [0.3, 0.4) is 0 Å². The first-order valence-electron chi connectivity index (χ1n) is 6.25. The Hall–Kier alpha value is -0.990. The molecule has 0 saturated heterocycles. The van der Waals surface area contributed by atoms with Gasteiger partial charge in [-0.2, -0.15) is 5.10 Å². The van der Waals surface area contributed by atoms with Crippen molar-refractivity contribution in [2.45, 2.75) is 59.9 Å². The summed E-state index contributed by atoms with van der Waals surface area (Å²) in [7, 11) is 0. The van der Waals surface area contributed by atoms with Crippen LogP contribution in [-0.4, -0.2) is 14.9 Å². The summed E-state index contributed by atoms with van der Waals surface area (Å²) in [5.74, 6) is 1.27. The molecule has 3 nitrogen and oxygen atoms in total. The Kier molecular flexibility index (Phi) is 4.39. The second-order valence-corrected chi connectivity index (χ2v) is 5.16. The normalized spacial score (nSPS) is 11.7. The van der Waals surface area contributed by atoms with Gasteiger partial charge >= 0.3 is 0 Å². The van der Waals surface area contributed by atoms with Gasteiger partial charge in [0.05, 0.1) is 5.69 Å². The summed E-state index contributed by atoms with van der Waals surface area (Å²) in [5.41, 5.74) is 2.10. The fourth-order valence-electron chi connectivity index (χ4n) is 2.01. The van der Waals surface area contributed by atoms with E-state index in [2.05, 4.69) is 39.7 Å². The molecule has 1 aromatic rings. The number of hydrogen-bond donors (Lipinski definition) is 1. The summed E-state index contributed by atoms with van der Waals surface area (Å²) >= 11 is 0. The van der Waals surface area contributed by atoms with Crippen molar-refractivity contribution in [2.75, 3.05) is 0 Å². The first kappa shape index (κ1) is 13.1. The van der Waals surface area contributed by atoms with Gasteiger partial charge in [0.2, 0.25) is 5.88 Å². The Morgan fingerprint density at radius 1 is 1.25 bits per heavy atom. The van der Waals surface area contributed by atoms with Crippen LogP contribution < -0.4 is 0 Å². The van der Waals surface area contributed by atoms with Gasteiger partial charge in [-0.3, -0.25) is 0 Å². The van der Waals surface area contributed by atoms with Gasteiger partial charge in [-0.1, -0.05) is 34.6 Å². The highest BCUT2D eigenvalue weighted by Gasteiger charge is 2.19. The number of aryl methyl sites for hydroxylation is 1. The molecule has 0 aromatic carbocycles. The monoisotopic (exact) mass is 224 g/mol. The van der Waals surface area contributed by atoms with Crippen LogP contribution in [0.15, 0.2) is 0 Å². The summed E-state index contributed by atoms with van der Waals surface area (Å²) in [6.07, 6.45) is 1.94. The standard InChI is InChI=1S/C13H24N2O/c1-6-7-15-13(16)12(10(4)5)11(14-15)8-9(2)3/h9-10,16H,6-8H2,1-5H3. The van der Waals surface area contributed by atoms with E-state index in [1.165, 1.54) is 0 Å². The minimum absolute atomic E-state index is 0.333. The SMILES string of the molecule is CCCn1nc(CC(C)C)c(C(C)C)c1O. The molecule has 0 aliphatic rings. The molecule has 1 heterocycles. The molecule has 0 aliphatic heterocycles. The molecule has 0 spiro atoms. The van der Waals surface area contributed by atoms with Crippen molar-refractivity contribution < 1.29 is 5.11 Å². The summed E-state index contributed by atoms with van der Waals surface area (Å²) in [6, 6.07) is 0. The van der Waals surface area contributed by atoms with E-state index in [0.717, 1.165) is 30.6 Å². The lowest BCUT2D eigenvalue weighted by Crippen LogP contribution is -2.01.